The van der Waals surface area contributed by atoms with Crippen LogP contribution in [0.5, 0.6) is 0 Å². The molecule has 0 unspecified atom stereocenters. The number of carbonyl (C=O) groups is 1. The fraction of sp³-hybridized carbons (Fsp3) is 0.533. The average molecular weight is 313 g/mol. The summed E-state index contributed by atoms with van der Waals surface area (Å²) in [5.74, 6) is 0.805. The van der Waals surface area contributed by atoms with E-state index in [9.17, 15) is 4.79 Å². The van der Waals surface area contributed by atoms with Crippen LogP contribution in [-0.2, 0) is 11.3 Å². The number of nitrogens with zero attached hydrogens (tertiary/aromatic N) is 7. The Hall–Kier alpha value is -2.69. The van der Waals surface area contributed by atoms with Crippen molar-refractivity contribution in [2.45, 2.75) is 25.8 Å². The summed E-state index contributed by atoms with van der Waals surface area (Å²) in [6, 6.07) is 2.10. The highest BCUT2D eigenvalue weighted by molar-refractivity contribution is 5.89. The molecule has 120 valence electrons. The number of hydrogen-bond donors (Lipinski definition) is 0. The van der Waals surface area contributed by atoms with Gasteiger partial charge in [-0.1, -0.05) is 0 Å². The summed E-state index contributed by atoms with van der Waals surface area (Å²) in [5.41, 5.74) is 0.686. The van der Waals surface area contributed by atoms with E-state index in [4.69, 9.17) is 5.26 Å². The first-order valence-corrected chi connectivity index (χ1v) is 7.73. The van der Waals surface area contributed by atoms with Gasteiger partial charge in [0.15, 0.2) is 5.65 Å². The highest BCUT2D eigenvalue weighted by Crippen LogP contribution is 2.22. The summed E-state index contributed by atoms with van der Waals surface area (Å²) in [5, 5.41) is 13.8. The molecule has 0 atom stereocenters. The molecule has 2 aromatic rings. The van der Waals surface area contributed by atoms with Gasteiger partial charge in [0.05, 0.1) is 37.2 Å². The third-order valence-electron chi connectivity index (χ3n) is 4.04. The zero-order valence-corrected chi connectivity index (χ0v) is 13.1. The molecule has 0 spiro atoms. The minimum Gasteiger partial charge on any atom is -0.350 e. The van der Waals surface area contributed by atoms with Gasteiger partial charge >= 0.3 is 0 Å². The number of fused-ring (bicyclic) bond motifs is 1. The maximum Gasteiger partial charge on any atom is 0.242 e. The second-order valence-electron chi connectivity index (χ2n) is 5.65. The first kappa shape index (κ1) is 15.2. The van der Waals surface area contributed by atoms with E-state index in [2.05, 4.69) is 21.1 Å². The van der Waals surface area contributed by atoms with Crippen molar-refractivity contribution in [2.75, 3.05) is 31.6 Å². The van der Waals surface area contributed by atoms with E-state index in [1.54, 1.807) is 10.9 Å². The van der Waals surface area contributed by atoms with Crippen LogP contribution in [0.15, 0.2) is 12.5 Å². The van der Waals surface area contributed by atoms with Crippen LogP contribution in [0.3, 0.4) is 0 Å². The van der Waals surface area contributed by atoms with E-state index >= 15 is 0 Å². The Kier molecular flexibility index (Phi) is 4.37. The number of aryl methyl sites for hydroxylation is 1. The summed E-state index contributed by atoms with van der Waals surface area (Å²) in [4.78, 5) is 24.6. The molecule has 23 heavy (non-hydrogen) atoms. The second kappa shape index (κ2) is 6.60. The lowest BCUT2D eigenvalue weighted by molar-refractivity contribution is -0.128. The number of aromatic nitrogens is 4. The van der Waals surface area contributed by atoms with Crippen molar-refractivity contribution >= 4 is 22.8 Å². The first-order valence-electron chi connectivity index (χ1n) is 7.73. The topological polar surface area (TPSA) is 90.9 Å². The molecule has 0 bridgehead atoms. The van der Waals surface area contributed by atoms with Crippen LogP contribution < -0.4 is 4.90 Å². The Morgan fingerprint density at radius 2 is 2.17 bits per heavy atom. The Morgan fingerprint density at radius 1 is 1.39 bits per heavy atom. The lowest BCUT2D eigenvalue weighted by Crippen LogP contribution is -2.37. The molecule has 1 aliphatic heterocycles. The number of likely N-dealkylation sites (N-methyl/N-ethyl adjacent to an activating group) is 1. The normalized spacial score (nSPS) is 14.2. The molecule has 0 radical (unpaired) electrons. The minimum atomic E-state index is 0.119. The van der Waals surface area contributed by atoms with Gasteiger partial charge < -0.3 is 9.80 Å². The molecule has 1 aliphatic rings. The fourth-order valence-corrected chi connectivity index (χ4v) is 2.85. The predicted octanol–water partition coefficient (Wildman–Crippen LogP) is 0.799. The van der Waals surface area contributed by atoms with Crippen LogP contribution in [0.25, 0.3) is 11.0 Å². The van der Waals surface area contributed by atoms with Crippen molar-refractivity contribution in [2.24, 2.45) is 0 Å². The number of carbonyl (C=O) groups excluding carboxylic acids is 1. The molecule has 8 heteroatoms. The van der Waals surface area contributed by atoms with Gasteiger partial charge in [-0.05, 0) is 12.8 Å². The zero-order valence-electron chi connectivity index (χ0n) is 13.1. The van der Waals surface area contributed by atoms with Gasteiger partial charge in [-0.2, -0.15) is 10.4 Å². The number of hydrogen-bond acceptors (Lipinski definition) is 6. The molecule has 1 amide bonds. The highest BCUT2D eigenvalue weighted by atomic mass is 16.2. The van der Waals surface area contributed by atoms with Crippen molar-refractivity contribution in [3.63, 3.8) is 0 Å². The molecule has 2 aromatic heterocycles. The molecule has 0 saturated carbocycles. The Labute approximate surface area is 134 Å². The molecule has 8 nitrogen and oxygen atoms in total. The van der Waals surface area contributed by atoms with E-state index in [1.807, 2.05) is 16.8 Å². The van der Waals surface area contributed by atoms with Crippen LogP contribution in [0.4, 0.5) is 5.82 Å². The smallest absolute Gasteiger partial charge is 0.242 e. The lowest BCUT2D eigenvalue weighted by Gasteiger charge is -2.22. The molecular weight excluding hydrogens is 294 g/mol. The van der Waals surface area contributed by atoms with E-state index < -0.39 is 0 Å². The summed E-state index contributed by atoms with van der Waals surface area (Å²) < 4.78 is 1.69. The van der Waals surface area contributed by atoms with Gasteiger partial charge in [-0.15, -0.1) is 0 Å². The maximum atomic E-state index is 12.3. The van der Waals surface area contributed by atoms with Gasteiger partial charge in [-0.25, -0.2) is 14.6 Å². The van der Waals surface area contributed by atoms with Crippen molar-refractivity contribution in [3.05, 3.63) is 12.5 Å². The van der Waals surface area contributed by atoms with E-state index in [-0.39, 0.29) is 12.5 Å². The number of anilines is 1. The molecule has 0 aliphatic carbocycles. The van der Waals surface area contributed by atoms with Gasteiger partial charge in [0.1, 0.15) is 12.1 Å². The molecule has 3 rings (SSSR count). The summed E-state index contributed by atoms with van der Waals surface area (Å²) in [7, 11) is 1.85. The SMILES string of the molecule is CN(CC(=O)N1CCCC1)c1ncnc2c1cnn2CCC#N. The van der Waals surface area contributed by atoms with Crippen LogP contribution in [0, 0.1) is 11.3 Å². The fourth-order valence-electron chi connectivity index (χ4n) is 2.85. The van der Waals surface area contributed by atoms with E-state index in [0.29, 0.717) is 24.4 Å². The minimum absolute atomic E-state index is 0.119. The van der Waals surface area contributed by atoms with Crippen molar-refractivity contribution in [1.82, 2.24) is 24.6 Å². The first-order chi connectivity index (χ1) is 11.2. The van der Waals surface area contributed by atoms with Gasteiger partial charge in [0, 0.05) is 20.1 Å². The highest BCUT2D eigenvalue weighted by Gasteiger charge is 2.21. The van der Waals surface area contributed by atoms with Gasteiger partial charge in [0.25, 0.3) is 0 Å². The second-order valence-corrected chi connectivity index (χ2v) is 5.65. The number of rotatable bonds is 5. The van der Waals surface area contributed by atoms with Crippen LogP contribution in [0.2, 0.25) is 0 Å². The summed E-state index contributed by atoms with van der Waals surface area (Å²) in [6.07, 6.45) is 5.70. The summed E-state index contributed by atoms with van der Waals surface area (Å²) >= 11 is 0. The standard InChI is InChI=1S/C15H19N7O/c1-20(10-13(23)21-6-2-3-7-21)14-12-9-19-22(8-4-5-16)15(12)18-11-17-14/h9,11H,2-4,6-8,10H2,1H3. The monoisotopic (exact) mass is 313 g/mol. The zero-order chi connectivity index (χ0) is 16.2. The number of nitriles is 1. The third-order valence-corrected chi connectivity index (χ3v) is 4.04. The molecule has 1 saturated heterocycles. The molecule has 0 N–H and O–H groups in total. The lowest BCUT2D eigenvalue weighted by atomic mass is 10.3. The van der Waals surface area contributed by atoms with Crippen LogP contribution >= 0.6 is 0 Å². The van der Waals surface area contributed by atoms with Crippen LogP contribution in [0.1, 0.15) is 19.3 Å². The van der Waals surface area contributed by atoms with Gasteiger partial charge in [0.2, 0.25) is 5.91 Å². The van der Waals surface area contributed by atoms with Crippen LogP contribution in [-0.4, -0.2) is 57.2 Å². The van der Waals surface area contributed by atoms with E-state index in [0.717, 1.165) is 31.3 Å². The summed E-state index contributed by atoms with van der Waals surface area (Å²) in [6.45, 7) is 2.47. The Balaban J connectivity index is 1.80. The predicted molar refractivity (Wildman–Crippen MR) is 84.6 cm³/mol. The van der Waals surface area contributed by atoms with Gasteiger partial charge in [-0.3, -0.25) is 4.79 Å². The molecule has 1 fully saturated rings. The Bertz CT molecular complexity index is 742. The number of likely N-dealkylation sites (tertiary alicyclic amines) is 1. The molecule has 0 aromatic carbocycles. The van der Waals surface area contributed by atoms with Crippen molar-refractivity contribution in [1.29, 1.82) is 5.26 Å². The van der Waals surface area contributed by atoms with Crippen molar-refractivity contribution in [3.8, 4) is 6.07 Å². The molecular formula is C15H19N7O. The van der Waals surface area contributed by atoms with E-state index in [1.165, 1.54) is 6.33 Å². The maximum absolute atomic E-state index is 12.3. The van der Waals surface area contributed by atoms with Crippen molar-refractivity contribution < 1.29 is 4.79 Å². The largest absolute Gasteiger partial charge is 0.350 e. The molecule has 3 heterocycles. The third kappa shape index (κ3) is 3.08. The quantitative estimate of drug-likeness (QED) is 0.811. The average Bonchev–Trinajstić information content (AvgIpc) is 3.22. The Morgan fingerprint density at radius 3 is 2.91 bits per heavy atom. The number of amides is 1.